The standard InChI is InChI=1S/C24H31NO2/c1-2-3-4-5-6-7-8-15-20-25(23(26)21-16-11-9-12-17-21)24(27)22-18-13-10-14-19-22/h9-14,16-19H,2-8,15,20H2,1H3. The topological polar surface area (TPSA) is 37.4 Å². The number of carbonyl (C=O) groups is 2. The van der Waals surface area contributed by atoms with Crippen LogP contribution in [0.2, 0.25) is 0 Å². The molecule has 0 bridgehead atoms. The highest BCUT2D eigenvalue weighted by Gasteiger charge is 2.23. The van der Waals surface area contributed by atoms with E-state index in [1.54, 1.807) is 24.3 Å². The lowest BCUT2D eigenvalue weighted by molar-refractivity contribution is 0.0613. The molecular formula is C24H31NO2. The molecule has 27 heavy (non-hydrogen) atoms. The molecule has 0 aliphatic heterocycles. The summed E-state index contributed by atoms with van der Waals surface area (Å²) in [5.41, 5.74) is 1.11. The molecule has 0 aliphatic carbocycles. The molecule has 0 aliphatic rings. The maximum Gasteiger partial charge on any atom is 0.260 e. The van der Waals surface area contributed by atoms with E-state index in [1.165, 1.54) is 37.0 Å². The van der Waals surface area contributed by atoms with Crippen LogP contribution in [0, 0.1) is 0 Å². The van der Waals surface area contributed by atoms with Gasteiger partial charge in [0.05, 0.1) is 0 Å². The number of rotatable bonds is 11. The first-order chi connectivity index (χ1) is 13.2. The Morgan fingerprint density at radius 2 is 1.04 bits per heavy atom. The minimum absolute atomic E-state index is 0.215. The third-order valence-corrected chi connectivity index (χ3v) is 4.77. The van der Waals surface area contributed by atoms with E-state index in [1.807, 2.05) is 36.4 Å². The fourth-order valence-electron chi connectivity index (χ4n) is 3.17. The molecule has 0 aromatic heterocycles. The molecule has 0 spiro atoms. The molecule has 0 radical (unpaired) electrons. The predicted octanol–water partition coefficient (Wildman–Crippen LogP) is 6.11. The molecule has 144 valence electrons. The zero-order valence-corrected chi connectivity index (χ0v) is 16.4. The Bertz CT molecular complexity index is 631. The van der Waals surface area contributed by atoms with Crippen LogP contribution in [-0.4, -0.2) is 23.3 Å². The van der Waals surface area contributed by atoms with E-state index in [0.717, 1.165) is 19.3 Å². The van der Waals surface area contributed by atoms with Crippen LogP contribution in [0.15, 0.2) is 60.7 Å². The first-order valence-corrected chi connectivity index (χ1v) is 10.2. The summed E-state index contributed by atoms with van der Waals surface area (Å²) in [6.45, 7) is 2.69. The van der Waals surface area contributed by atoms with Crippen molar-refractivity contribution in [1.82, 2.24) is 4.90 Å². The third-order valence-electron chi connectivity index (χ3n) is 4.77. The molecular weight excluding hydrogens is 334 g/mol. The van der Waals surface area contributed by atoms with Crippen molar-refractivity contribution in [2.75, 3.05) is 6.54 Å². The van der Waals surface area contributed by atoms with Gasteiger partial charge in [-0.05, 0) is 30.7 Å². The van der Waals surface area contributed by atoms with Crippen LogP contribution in [0.25, 0.3) is 0 Å². The Labute approximate surface area is 163 Å². The fraction of sp³-hybridized carbons (Fsp3) is 0.417. The SMILES string of the molecule is CCCCCCCCCCN(C(=O)c1ccccc1)C(=O)c1ccccc1. The van der Waals surface area contributed by atoms with Crippen molar-refractivity contribution in [3.63, 3.8) is 0 Å². The van der Waals surface area contributed by atoms with Crippen molar-refractivity contribution < 1.29 is 9.59 Å². The zero-order chi connectivity index (χ0) is 19.3. The van der Waals surface area contributed by atoms with E-state index >= 15 is 0 Å². The molecule has 2 aromatic carbocycles. The highest BCUT2D eigenvalue weighted by atomic mass is 16.2. The molecule has 0 unspecified atom stereocenters. The van der Waals surface area contributed by atoms with Crippen LogP contribution in [0.5, 0.6) is 0 Å². The Morgan fingerprint density at radius 1 is 0.630 bits per heavy atom. The number of carbonyl (C=O) groups excluding carboxylic acids is 2. The summed E-state index contributed by atoms with van der Waals surface area (Å²) in [6.07, 6.45) is 9.46. The molecule has 0 atom stereocenters. The lowest BCUT2D eigenvalue weighted by Crippen LogP contribution is -2.37. The van der Waals surface area contributed by atoms with Crippen molar-refractivity contribution in [2.24, 2.45) is 0 Å². The van der Waals surface area contributed by atoms with Crippen molar-refractivity contribution in [3.05, 3.63) is 71.8 Å². The van der Waals surface area contributed by atoms with Gasteiger partial charge in [0.1, 0.15) is 0 Å². The predicted molar refractivity (Wildman–Crippen MR) is 111 cm³/mol. The lowest BCUT2D eigenvalue weighted by atomic mass is 10.1. The summed E-state index contributed by atoms with van der Waals surface area (Å²) in [4.78, 5) is 27.2. The molecule has 3 nitrogen and oxygen atoms in total. The molecule has 0 saturated carbocycles. The first-order valence-electron chi connectivity index (χ1n) is 10.2. The Kier molecular flexibility index (Phi) is 9.33. The van der Waals surface area contributed by atoms with E-state index in [0.29, 0.717) is 17.7 Å². The maximum absolute atomic E-state index is 12.9. The van der Waals surface area contributed by atoms with E-state index < -0.39 is 0 Å². The summed E-state index contributed by atoms with van der Waals surface area (Å²) >= 11 is 0. The van der Waals surface area contributed by atoms with Gasteiger partial charge >= 0.3 is 0 Å². The van der Waals surface area contributed by atoms with Crippen molar-refractivity contribution in [3.8, 4) is 0 Å². The molecule has 2 rings (SSSR count). The number of benzene rings is 2. The highest BCUT2D eigenvalue weighted by molar-refractivity contribution is 6.10. The normalized spacial score (nSPS) is 10.6. The van der Waals surface area contributed by atoms with E-state index in [4.69, 9.17) is 0 Å². The number of nitrogens with zero attached hydrogens (tertiary/aromatic N) is 1. The van der Waals surface area contributed by atoms with Crippen molar-refractivity contribution >= 4 is 11.8 Å². The summed E-state index contributed by atoms with van der Waals surface area (Å²) in [6, 6.07) is 18.1. The molecule has 0 saturated heterocycles. The smallest absolute Gasteiger partial charge is 0.260 e. The van der Waals surface area contributed by atoms with E-state index in [9.17, 15) is 9.59 Å². The van der Waals surface area contributed by atoms with Crippen molar-refractivity contribution in [1.29, 1.82) is 0 Å². The third kappa shape index (κ3) is 7.01. The minimum atomic E-state index is -0.215. The average molecular weight is 366 g/mol. The van der Waals surface area contributed by atoms with Crippen LogP contribution in [-0.2, 0) is 0 Å². The van der Waals surface area contributed by atoms with Crippen LogP contribution < -0.4 is 0 Å². The Hall–Kier alpha value is -2.42. The van der Waals surface area contributed by atoms with Gasteiger partial charge in [0.15, 0.2) is 0 Å². The number of hydrogen-bond acceptors (Lipinski definition) is 2. The average Bonchev–Trinajstić information content (AvgIpc) is 2.73. The van der Waals surface area contributed by atoms with Gasteiger partial charge in [-0.3, -0.25) is 14.5 Å². The minimum Gasteiger partial charge on any atom is -0.274 e. The van der Waals surface area contributed by atoms with Gasteiger partial charge in [0.2, 0.25) is 0 Å². The summed E-state index contributed by atoms with van der Waals surface area (Å²) in [5, 5.41) is 0. The second-order valence-electron chi connectivity index (χ2n) is 6.97. The van der Waals surface area contributed by atoms with Gasteiger partial charge in [-0.1, -0.05) is 88.3 Å². The van der Waals surface area contributed by atoms with Crippen LogP contribution in [0.3, 0.4) is 0 Å². The van der Waals surface area contributed by atoms with Gasteiger partial charge in [-0.15, -0.1) is 0 Å². The maximum atomic E-state index is 12.9. The summed E-state index contributed by atoms with van der Waals surface area (Å²) in [5.74, 6) is -0.431. The van der Waals surface area contributed by atoms with Gasteiger partial charge in [0.25, 0.3) is 11.8 Å². The van der Waals surface area contributed by atoms with Crippen LogP contribution in [0.1, 0.15) is 79.0 Å². The number of hydrogen-bond donors (Lipinski definition) is 0. The van der Waals surface area contributed by atoms with Gasteiger partial charge in [-0.25, -0.2) is 0 Å². The van der Waals surface area contributed by atoms with Gasteiger partial charge < -0.3 is 0 Å². The second-order valence-corrected chi connectivity index (χ2v) is 6.97. The molecule has 0 heterocycles. The molecule has 0 N–H and O–H groups in total. The Morgan fingerprint density at radius 3 is 1.48 bits per heavy atom. The molecule has 0 fully saturated rings. The summed E-state index contributed by atoms with van der Waals surface area (Å²) in [7, 11) is 0. The van der Waals surface area contributed by atoms with E-state index in [-0.39, 0.29) is 11.8 Å². The largest absolute Gasteiger partial charge is 0.274 e. The quantitative estimate of drug-likeness (QED) is 0.356. The number of unbranched alkanes of at least 4 members (excludes halogenated alkanes) is 7. The number of imide groups is 1. The van der Waals surface area contributed by atoms with Crippen LogP contribution >= 0.6 is 0 Å². The monoisotopic (exact) mass is 365 g/mol. The van der Waals surface area contributed by atoms with Gasteiger partial charge in [0, 0.05) is 17.7 Å². The second kappa shape index (κ2) is 12.1. The highest BCUT2D eigenvalue weighted by Crippen LogP contribution is 2.14. The molecule has 2 aromatic rings. The molecule has 2 amide bonds. The van der Waals surface area contributed by atoms with Crippen molar-refractivity contribution in [2.45, 2.75) is 58.3 Å². The zero-order valence-electron chi connectivity index (χ0n) is 16.4. The van der Waals surface area contributed by atoms with Crippen LogP contribution in [0.4, 0.5) is 0 Å². The fourth-order valence-corrected chi connectivity index (χ4v) is 3.17. The molecule has 3 heteroatoms. The Balaban J connectivity index is 1.94. The van der Waals surface area contributed by atoms with Gasteiger partial charge in [-0.2, -0.15) is 0 Å². The lowest BCUT2D eigenvalue weighted by Gasteiger charge is -2.21. The van der Waals surface area contributed by atoms with E-state index in [2.05, 4.69) is 6.92 Å². The summed E-state index contributed by atoms with van der Waals surface area (Å²) < 4.78 is 0. The first kappa shape index (κ1) is 20.9. The number of amides is 2.